The molecule has 0 saturated heterocycles. The van der Waals surface area contributed by atoms with Crippen LogP contribution in [0.5, 0.6) is 5.75 Å². The zero-order valence-corrected chi connectivity index (χ0v) is 16.3. The Morgan fingerprint density at radius 3 is 2.44 bits per heavy atom. The van der Waals surface area contributed by atoms with Crippen molar-refractivity contribution in [3.05, 3.63) is 23.8 Å². The van der Waals surface area contributed by atoms with E-state index < -0.39 is 10.0 Å². The summed E-state index contributed by atoms with van der Waals surface area (Å²) in [5, 5.41) is 2.73. The lowest BCUT2D eigenvalue weighted by atomic mass is 10.2. The average Bonchev–Trinajstić information content (AvgIpc) is 2.52. The third-order valence-electron chi connectivity index (χ3n) is 3.21. The molecule has 0 aliphatic heterocycles. The summed E-state index contributed by atoms with van der Waals surface area (Å²) in [6.45, 7) is 8.23. The van der Waals surface area contributed by atoms with Crippen LogP contribution in [0.25, 0.3) is 0 Å². The van der Waals surface area contributed by atoms with Gasteiger partial charge in [0.1, 0.15) is 5.75 Å². The lowest BCUT2D eigenvalue weighted by Crippen LogP contribution is -2.31. The van der Waals surface area contributed by atoms with E-state index in [1.54, 1.807) is 0 Å². The molecule has 0 unspecified atom stereocenters. The van der Waals surface area contributed by atoms with Gasteiger partial charge in [-0.15, -0.1) is 0 Å². The predicted octanol–water partition coefficient (Wildman–Crippen LogP) is 1.93. The molecule has 0 spiro atoms. The van der Waals surface area contributed by atoms with Gasteiger partial charge in [0.05, 0.1) is 23.7 Å². The van der Waals surface area contributed by atoms with Crippen molar-refractivity contribution in [2.45, 2.75) is 51.2 Å². The van der Waals surface area contributed by atoms with Gasteiger partial charge in [0.2, 0.25) is 10.0 Å². The molecule has 0 aliphatic carbocycles. The summed E-state index contributed by atoms with van der Waals surface area (Å²) in [6, 6.07) is 4.14. The van der Waals surface area contributed by atoms with Gasteiger partial charge in [0.15, 0.2) is 0 Å². The summed E-state index contributed by atoms with van der Waals surface area (Å²) in [7, 11) is -2.28. The smallest absolute Gasteiger partial charge is 0.255 e. The molecule has 1 aromatic rings. The molecule has 8 heteroatoms. The van der Waals surface area contributed by atoms with Gasteiger partial charge in [-0.05, 0) is 52.3 Å². The monoisotopic (exact) mass is 372 g/mol. The van der Waals surface area contributed by atoms with E-state index in [4.69, 9.17) is 9.47 Å². The van der Waals surface area contributed by atoms with E-state index >= 15 is 0 Å². The van der Waals surface area contributed by atoms with Crippen molar-refractivity contribution in [2.75, 3.05) is 20.3 Å². The molecule has 0 fully saturated rings. The molecule has 0 atom stereocenters. The maximum atomic E-state index is 12.4. The number of amides is 1. The Balaban J connectivity index is 2.87. The van der Waals surface area contributed by atoms with Crippen LogP contribution < -0.4 is 14.8 Å². The van der Waals surface area contributed by atoms with Gasteiger partial charge in [-0.2, -0.15) is 0 Å². The number of sulfonamides is 1. The molecule has 1 aromatic carbocycles. The minimum absolute atomic E-state index is 0.0204. The number of ether oxygens (including phenoxy) is 2. The van der Waals surface area contributed by atoms with Crippen molar-refractivity contribution in [3.8, 4) is 5.75 Å². The van der Waals surface area contributed by atoms with Crippen LogP contribution in [-0.4, -0.2) is 46.7 Å². The molecule has 0 heterocycles. The average molecular weight is 372 g/mol. The Bertz CT molecular complexity index is 672. The minimum atomic E-state index is -3.71. The first kappa shape index (κ1) is 21.4. The molecule has 2 N–H and O–H groups in total. The number of carbonyl (C=O) groups excluding carboxylic acids is 1. The Kier molecular flexibility index (Phi) is 8.34. The first-order valence-electron chi connectivity index (χ1n) is 8.27. The van der Waals surface area contributed by atoms with Gasteiger partial charge in [-0.25, -0.2) is 13.1 Å². The fourth-order valence-corrected chi connectivity index (χ4v) is 3.15. The third kappa shape index (κ3) is 7.01. The van der Waals surface area contributed by atoms with E-state index in [1.807, 2.05) is 27.7 Å². The summed E-state index contributed by atoms with van der Waals surface area (Å²) in [4.78, 5) is 12.3. The first-order valence-corrected chi connectivity index (χ1v) is 9.76. The van der Waals surface area contributed by atoms with E-state index in [9.17, 15) is 13.2 Å². The van der Waals surface area contributed by atoms with Crippen molar-refractivity contribution < 1.29 is 22.7 Å². The molecule has 25 heavy (non-hydrogen) atoms. The highest BCUT2D eigenvalue weighted by Crippen LogP contribution is 2.22. The number of hydrogen-bond acceptors (Lipinski definition) is 5. The number of benzene rings is 1. The van der Waals surface area contributed by atoms with Crippen LogP contribution in [0.2, 0.25) is 0 Å². The molecule has 7 nitrogen and oxygen atoms in total. The van der Waals surface area contributed by atoms with E-state index in [0.29, 0.717) is 18.8 Å². The maximum absolute atomic E-state index is 12.4. The van der Waals surface area contributed by atoms with E-state index in [2.05, 4.69) is 10.0 Å². The zero-order valence-electron chi connectivity index (χ0n) is 15.5. The van der Waals surface area contributed by atoms with Gasteiger partial charge in [-0.1, -0.05) is 0 Å². The van der Waals surface area contributed by atoms with Gasteiger partial charge < -0.3 is 14.8 Å². The Morgan fingerprint density at radius 2 is 1.88 bits per heavy atom. The van der Waals surface area contributed by atoms with Crippen LogP contribution in [0.1, 0.15) is 44.5 Å². The number of carbonyl (C=O) groups is 1. The third-order valence-corrected chi connectivity index (χ3v) is 4.67. The second-order valence-corrected chi connectivity index (χ2v) is 7.93. The minimum Gasteiger partial charge on any atom is -0.496 e. The highest BCUT2D eigenvalue weighted by molar-refractivity contribution is 7.89. The lowest BCUT2D eigenvalue weighted by Gasteiger charge is -2.14. The summed E-state index contributed by atoms with van der Waals surface area (Å²) >= 11 is 0. The molecule has 1 amide bonds. The van der Waals surface area contributed by atoms with E-state index in [0.717, 1.165) is 0 Å². The summed E-state index contributed by atoms with van der Waals surface area (Å²) < 4.78 is 37.9. The van der Waals surface area contributed by atoms with Crippen molar-refractivity contribution >= 4 is 15.9 Å². The highest BCUT2D eigenvalue weighted by atomic mass is 32.2. The Labute approximate surface area is 150 Å². The van der Waals surface area contributed by atoms with Crippen LogP contribution in [0, 0.1) is 0 Å². The first-order chi connectivity index (χ1) is 11.7. The van der Waals surface area contributed by atoms with Crippen LogP contribution in [0.3, 0.4) is 0 Å². The van der Waals surface area contributed by atoms with Crippen molar-refractivity contribution in [1.29, 1.82) is 0 Å². The van der Waals surface area contributed by atoms with E-state index in [-0.39, 0.29) is 35.1 Å². The van der Waals surface area contributed by atoms with Gasteiger partial charge in [0, 0.05) is 19.2 Å². The normalized spacial score (nSPS) is 11.8. The second kappa shape index (κ2) is 9.74. The van der Waals surface area contributed by atoms with Crippen molar-refractivity contribution in [3.63, 3.8) is 0 Å². The lowest BCUT2D eigenvalue weighted by molar-refractivity contribution is 0.0778. The maximum Gasteiger partial charge on any atom is 0.255 e. The number of nitrogens with one attached hydrogen (secondary N) is 2. The Morgan fingerprint density at radius 1 is 1.20 bits per heavy atom. The van der Waals surface area contributed by atoms with Crippen LogP contribution in [0.4, 0.5) is 0 Å². The zero-order chi connectivity index (χ0) is 19.0. The highest BCUT2D eigenvalue weighted by Gasteiger charge is 2.20. The molecule has 0 radical (unpaired) electrons. The van der Waals surface area contributed by atoms with Crippen LogP contribution in [0.15, 0.2) is 23.1 Å². The number of methoxy groups -OCH3 is 1. The van der Waals surface area contributed by atoms with E-state index in [1.165, 1.54) is 25.3 Å². The summed E-state index contributed by atoms with van der Waals surface area (Å²) in [5.74, 6) is -0.0586. The molecule has 0 aromatic heterocycles. The molecular formula is C17H28N2O5S. The molecule has 142 valence electrons. The molecule has 0 bridgehead atoms. The fourth-order valence-electron chi connectivity index (χ4n) is 2.05. The topological polar surface area (TPSA) is 93.7 Å². The van der Waals surface area contributed by atoms with Crippen molar-refractivity contribution in [2.24, 2.45) is 0 Å². The van der Waals surface area contributed by atoms with Crippen LogP contribution in [-0.2, 0) is 14.8 Å². The fraction of sp³-hybridized carbons (Fsp3) is 0.588. The van der Waals surface area contributed by atoms with Crippen molar-refractivity contribution in [1.82, 2.24) is 10.0 Å². The molecule has 0 saturated carbocycles. The standard InChI is InChI=1S/C17H28N2O5S/c1-12(2)19-17(20)15-11-14(7-8-16(15)23-5)25(21,22)18-9-6-10-24-13(3)4/h7-8,11-13,18H,6,9-10H2,1-5H3,(H,19,20). The molecule has 0 aliphatic rings. The Hall–Kier alpha value is -1.64. The molecule has 1 rings (SSSR count). The van der Waals surface area contributed by atoms with Gasteiger partial charge in [-0.3, -0.25) is 4.79 Å². The summed E-state index contributed by atoms with van der Waals surface area (Å²) in [5.41, 5.74) is 0.183. The largest absolute Gasteiger partial charge is 0.496 e. The number of hydrogen-bond donors (Lipinski definition) is 2. The van der Waals surface area contributed by atoms with Gasteiger partial charge >= 0.3 is 0 Å². The predicted molar refractivity (Wildman–Crippen MR) is 96.5 cm³/mol. The van der Waals surface area contributed by atoms with Gasteiger partial charge in [0.25, 0.3) is 5.91 Å². The quantitative estimate of drug-likeness (QED) is 0.612. The SMILES string of the molecule is COc1ccc(S(=O)(=O)NCCCOC(C)C)cc1C(=O)NC(C)C. The number of rotatable bonds is 10. The molecular weight excluding hydrogens is 344 g/mol. The van der Waals surface area contributed by atoms with Crippen LogP contribution >= 0.6 is 0 Å². The second-order valence-electron chi connectivity index (χ2n) is 6.16. The summed E-state index contributed by atoms with van der Waals surface area (Å²) in [6.07, 6.45) is 0.675.